The minimum Gasteiger partial charge on any atom is -0.396 e. The van der Waals surface area contributed by atoms with Gasteiger partial charge in [-0.3, -0.25) is 9.69 Å². The number of benzene rings is 1. The normalized spacial score (nSPS) is 28.0. The number of rotatable bonds is 3. The SMILES string of the molecule is CC(=O)N1CC2CCN(Cc3ccc(F)cc3F)CC2(CO)C1. The molecule has 0 radical (unpaired) electrons. The van der Waals surface area contributed by atoms with Crippen molar-refractivity contribution in [2.24, 2.45) is 11.3 Å². The molecule has 3 rings (SSSR count). The van der Waals surface area contributed by atoms with Crippen LogP contribution in [0.15, 0.2) is 18.2 Å². The van der Waals surface area contributed by atoms with Crippen molar-refractivity contribution in [3.8, 4) is 0 Å². The molecule has 2 unspecified atom stereocenters. The summed E-state index contributed by atoms with van der Waals surface area (Å²) in [5.41, 5.74) is 0.125. The molecule has 0 aromatic heterocycles. The van der Waals surface area contributed by atoms with E-state index in [0.29, 0.717) is 31.7 Å². The summed E-state index contributed by atoms with van der Waals surface area (Å²) in [5.74, 6) is -0.805. The largest absolute Gasteiger partial charge is 0.396 e. The molecular formula is C17H22F2N2O2. The molecule has 2 fully saturated rings. The van der Waals surface area contributed by atoms with Crippen molar-refractivity contribution in [1.29, 1.82) is 0 Å². The van der Waals surface area contributed by atoms with Crippen molar-refractivity contribution in [3.63, 3.8) is 0 Å². The van der Waals surface area contributed by atoms with E-state index in [-0.39, 0.29) is 23.8 Å². The van der Waals surface area contributed by atoms with E-state index in [4.69, 9.17) is 0 Å². The van der Waals surface area contributed by atoms with Gasteiger partial charge >= 0.3 is 0 Å². The zero-order valence-corrected chi connectivity index (χ0v) is 13.3. The molecular weight excluding hydrogens is 302 g/mol. The van der Waals surface area contributed by atoms with Gasteiger partial charge in [0.25, 0.3) is 0 Å². The van der Waals surface area contributed by atoms with Gasteiger partial charge in [0.1, 0.15) is 11.6 Å². The van der Waals surface area contributed by atoms with Crippen molar-refractivity contribution in [2.45, 2.75) is 19.9 Å². The lowest BCUT2D eigenvalue weighted by atomic mass is 9.74. The Morgan fingerprint density at radius 1 is 1.39 bits per heavy atom. The Hall–Kier alpha value is -1.53. The van der Waals surface area contributed by atoms with Crippen molar-refractivity contribution >= 4 is 5.91 Å². The highest BCUT2D eigenvalue weighted by Crippen LogP contribution is 2.42. The first kappa shape index (κ1) is 16.3. The number of amides is 1. The van der Waals surface area contributed by atoms with E-state index in [2.05, 4.69) is 4.90 Å². The summed E-state index contributed by atoms with van der Waals surface area (Å²) in [5, 5.41) is 9.94. The quantitative estimate of drug-likeness (QED) is 0.919. The summed E-state index contributed by atoms with van der Waals surface area (Å²) in [6.45, 7) is 4.60. The van der Waals surface area contributed by atoms with Crippen molar-refractivity contribution < 1.29 is 18.7 Å². The number of halogens is 2. The van der Waals surface area contributed by atoms with Crippen molar-refractivity contribution in [1.82, 2.24) is 9.80 Å². The number of aliphatic hydroxyl groups excluding tert-OH is 1. The van der Waals surface area contributed by atoms with Crippen LogP contribution in [0, 0.1) is 23.0 Å². The van der Waals surface area contributed by atoms with Crippen LogP contribution in [0.4, 0.5) is 8.78 Å². The monoisotopic (exact) mass is 324 g/mol. The molecule has 4 nitrogen and oxygen atoms in total. The number of nitrogens with zero attached hydrogens (tertiary/aromatic N) is 2. The lowest BCUT2D eigenvalue weighted by Gasteiger charge is -2.43. The van der Waals surface area contributed by atoms with E-state index >= 15 is 0 Å². The number of piperidine rings is 1. The Labute approximate surface area is 134 Å². The zero-order chi connectivity index (χ0) is 16.6. The van der Waals surface area contributed by atoms with Gasteiger partial charge in [-0.25, -0.2) is 8.78 Å². The lowest BCUT2D eigenvalue weighted by Crippen LogP contribution is -2.50. The minimum absolute atomic E-state index is 0.0177. The standard InChI is InChI=1S/C17H22F2N2O2/c1-12(23)21-8-14-4-5-20(9-17(14,10-21)11-22)7-13-2-3-15(18)6-16(13)19/h2-3,6,14,22H,4-5,7-11H2,1H3. The molecule has 6 heteroatoms. The fourth-order valence-corrected chi connectivity index (χ4v) is 3.97. The maximum atomic E-state index is 13.8. The Balaban J connectivity index is 1.73. The van der Waals surface area contributed by atoms with Crippen LogP contribution in [0.2, 0.25) is 0 Å². The number of hydrogen-bond acceptors (Lipinski definition) is 3. The molecule has 1 amide bonds. The van der Waals surface area contributed by atoms with E-state index in [9.17, 15) is 18.7 Å². The summed E-state index contributed by atoms with van der Waals surface area (Å²) >= 11 is 0. The third kappa shape index (κ3) is 3.10. The number of carbonyl (C=O) groups is 1. The topological polar surface area (TPSA) is 43.8 Å². The lowest BCUT2D eigenvalue weighted by molar-refractivity contribution is -0.128. The minimum atomic E-state index is -0.579. The maximum absolute atomic E-state index is 13.8. The van der Waals surface area contributed by atoms with Gasteiger partial charge in [0.2, 0.25) is 5.91 Å². The average Bonchev–Trinajstić information content (AvgIpc) is 2.90. The second-order valence-corrected chi connectivity index (χ2v) is 6.85. The summed E-state index contributed by atoms with van der Waals surface area (Å²) in [4.78, 5) is 15.5. The van der Waals surface area contributed by atoms with Gasteiger partial charge in [0.05, 0.1) is 6.61 Å². The van der Waals surface area contributed by atoms with E-state index in [0.717, 1.165) is 19.0 Å². The van der Waals surface area contributed by atoms with Crippen LogP contribution >= 0.6 is 0 Å². The van der Waals surface area contributed by atoms with Crippen LogP contribution in [0.5, 0.6) is 0 Å². The number of aliphatic hydroxyl groups is 1. The van der Waals surface area contributed by atoms with E-state index in [1.54, 1.807) is 11.8 Å². The summed E-state index contributed by atoms with van der Waals surface area (Å²) in [7, 11) is 0. The first-order chi connectivity index (χ1) is 10.9. The number of carbonyl (C=O) groups excluding carboxylic acids is 1. The van der Waals surface area contributed by atoms with Gasteiger partial charge in [-0.15, -0.1) is 0 Å². The third-order valence-electron chi connectivity index (χ3n) is 5.31. The predicted molar refractivity (Wildman–Crippen MR) is 81.5 cm³/mol. The molecule has 0 saturated carbocycles. The average molecular weight is 324 g/mol. The highest BCUT2D eigenvalue weighted by Gasteiger charge is 2.49. The van der Waals surface area contributed by atoms with Crippen molar-refractivity contribution in [2.75, 3.05) is 32.8 Å². The number of fused-ring (bicyclic) bond motifs is 1. The maximum Gasteiger partial charge on any atom is 0.219 e. The smallest absolute Gasteiger partial charge is 0.219 e. The van der Waals surface area contributed by atoms with E-state index < -0.39 is 11.6 Å². The second kappa shape index (κ2) is 6.17. The van der Waals surface area contributed by atoms with Gasteiger partial charge in [-0.1, -0.05) is 6.07 Å². The fourth-order valence-electron chi connectivity index (χ4n) is 3.97. The molecule has 0 bridgehead atoms. The Kier molecular flexibility index (Phi) is 4.38. The van der Waals surface area contributed by atoms with Gasteiger partial charge < -0.3 is 10.0 Å². The molecule has 2 atom stereocenters. The van der Waals surface area contributed by atoms with Crippen LogP contribution in [0.1, 0.15) is 18.9 Å². The van der Waals surface area contributed by atoms with Gasteiger partial charge in [-0.05, 0) is 24.9 Å². The van der Waals surface area contributed by atoms with Gasteiger partial charge in [0.15, 0.2) is 0 Å². The van der Waals surface area contributed by atoms with Gasteiger partial charge in [-0.2, -0.15) is 0 Å². The third-order valence-corrected chi connectivity index (χ3v) is 5.31. The molecule has 23 heavy (non-hydrogen) atoms. The zero-order valence-electron chi connectivity index (χ0n) is 13.3. The van der Waals surface area contributed by atoms with Gasteiger partial charge in [0, 0.05) is 50.1 Å². The first-order valence-corrected chi connectivity index (χ1v) is 7.96. The Morgan fingerprint density at radius 2 is 2.17 bits per heavy atom. The number of likely N-dealkylation sites (tertiary alicyclic amines) is 2. The van der Waals surface area contributed by atoms with Crippen molar-refractivity contribution in [3.05, 3.63) is 35.4 Å². The summed E-state index contributed by atoms with van der Waals surface area (Å²) in [6.07, 6.45) is 0.868. The van der Waals surface area contributed by atoms with Crippen LogP contribution in [0.3, 0.4) is 0 Å². The summed E-state index contributed by atoms with van der Waals surface area (Å²) in [6, 6.07) is 3.63. The molecule has 0 spiro atoms. The van der Waals surface area contributed by atoms with E-state index in [1.165, 1.54) is 12.1 Å². The van der Waals surface area contributed by atoms with E-state index in [1.807, 2.05) is 0 Å². The van der Waals surface area contributed by atoms with Crippen LogP contribution in [0.25, 0.3) is 0 Å². The Bertz CT molecular complexity index is 610. The van der Waals surface area contributed by atoms with Crippen LogP contribution in [-0.4, -0.2) is 53.6 Å². The fraction of sp³-hybridized carbons (Fsp3) is 0.588. The highest BCUT2D eigenvalue weighted by atomic mass is 19.1. The van der Waals surface area contributed by atoms with Crippen LogP contribution < -0.4 is 0 Å². The first-order valence-electron chi connectivity index (χ1n) is 7.96. The molecule has 2 aliphatic heterocycles. The van der Waals surface area contributed by atoms with Crippen LogP contribution in [-0.2, 0) is 11.3 Å². The molecule has 2 aliphatic rings. The molecule has 1 N–H and O–H groups in total. The molecule has 2 heterocycles. The predicted octanol–water partition coefficient (Wildman–Crippen LogP) is 1.63. The number of hydrogen-bond donors (Lipinski definition) is 1. The molecule has 1 aromatic carbocycles. The molecule has 2 saturated heterocycles. The molecule has 1 aromatic rings. The summed E-state index contributed by atoms with van der Waals surface area (Å²) < 4.78 is 26.9. The highest BCUT2D eigenvalue weighted by molar-refractivity contribution is 5.73. The second-order valence-electron chi connectivity index (χ2n) is 6.85. The molecule has 0 aliphatic carbocycles. The molecule has 126 valence electrons. The Morgan fingerprint density at radius 3 is 2.83 bits per heavy atom.